The molecule has 1 heterocycles. The fourth-order valence-corrected chi connectivity index (χ4v) is 3.11. The Morgan fingerprint density at radius 3 is 2.43 bits per heavy atom. The Labute approximate surface area is 159 Å². The van der Waals surface area contributed by atoms with Gasteiger partial charge in [0.15, 0.2) is 0 Å². The first-order valence-electron chi connectivity index (χ1n) is 8.67. The fraction of sp³-hybridized carbons (Fsp3) is 0.0476. The number of nitrogens with zero attached hydrogens (tertiary/aromatic N) is 2. The molecule has 3 aromatic carbocycles. The zero-order valence-electron chi connectivity index (χ0n) is 14.8. The molecule has 7 nitrogen and oxygen atoms in total. The number of anilines is 1. The molecule has 0 aliphatic rings. The normalized spacial score (nSPS) is 10.7. The summed E-state index contributed by atoms with van der Waals surface area (Å²) in [5.74, 6) is 0. The third kappa shape index (κ3) is 3.33. The third-order valence-electron chi connectivity index (χ3n) is 4.49. The summed E-state index contributed by atoms with van der Waals surface area (Å²) in [4.78, 5) is 23.2. The van der Waals surface area contributed by atoms with E-state index in [2.05, 4.69) is 15.5 Å². The minimum atomic E-state index is -0.426. The zero-order chi connectivity index (χ0) is 19.5. The maximum atomic E-state index is 12.0. The van der Waals surface area contributed by atoms with E-state index in [1.54, 1.807) is 36.4 Å². The highest BCUT2D eigenvalue weighted by atomic mass is 16.6. The first-order valence-corrected chi connectivity index (χ1v) is 8.67. The SMILES string of the molecule is O=c1[nH]nc(-c2ccc(NCc3ccccc3)c([N+](=O)[O-])c2)c2ccccc12. The van der Waals surface area contributed by atoms with Crippen LogP contribution >= 0.6 is 0 Å². The minimum absolute atomic E-state index is 0.0505. The summed E-state index contributed by atoms with van der Waals surface area (Å²) in [5, 5.41) is 22.4. The van der Waals surface area contributed by atoms with Gasteiger partial charge in [-0.25, -0.2) is 5.10 Å². The summed E-state index contributed by atoms with van der Waals surface area (Å²) in [6.07, 6.45) is 0. The summed E-state index contributed by atoms with van der Waals surface area (Å²) in [5.41, 5.74) is 2.15. The van der Waals surface area contributed by atoms with Crippen LogP contribution in [0.4, 0.5) is 11.4 Å². The van der Waals surface area contributed by atoms with Crippen LogP contribution in [0.2, 0.25) is 0 Å². The van der Waals surface area contributed by atoms with Crippen LogP contribution in [0.3, 0.4) is 0 Å². The molecule has 7 heteroatoms. The van der Waals surface area contributed by atoms with Crippen molar-refractivity contribution in [2.24, 2.45) is 0 Å². The van der Waals surface area contributed by atoms with Crippen LogP contribution in [0.25, 0.3) is 22.0 Å². The molecule has 138 valence electrons. The number of aromatic amines is 1. The molecule has 0 fully saturated rings. The number of nitro benzene ring substituents is 1. The number of hydrogen-bond donors (Lipinski definition) is 2. The van der Waals surface area contributed by atoms with Gasteiger partial charge >= 0.3 is 0 Å². The largest absolute Gasteiger partial charge is 0.375 e. The molecule has 0 aliphatic heterocycles. The van der Waals surface area contributed by atoms with Crippen LogP contribution < -0.4 is 10.9 Å². The van der Waals surface area contributed by atoms with Crippen LogP contribution in [-0.2, 0) is 6.54 Å². The summed E-state index contributed by atoms with van der Waals surface area (Å²) >= 11 is 0. The molecule has 4 aromatic rings. The summed E-state index contributed by atoms with van der Waals surface area (Å²) in [6.45, 7) is 0.473. The number of benzene rings is 3. The van der Waals surface area contributed by atoms with Crippen LogP contribution in [0.15, 0.2) is 77.6 Å². The molecule has 0 aliphatic carbocycles. The lowest BCUT2D eigenvalue weighted by Gasteiger charge is -2.10. The van der Waals surface area contributed by atoms with Crippen molar-refractivity contribution >= 4 is 22.1 Å². The van der Waals surface area contributed by atoms with Gasteiger partial charge in [-0.2, -0.15) is 5.10 Å². The van der Waals surface area contributed by atoms with Crippen molar-refractivity contribution in [2.45, 2.75) is 6.54 Å². The number of nitrogens with one attached hydrogen (secondary N) is 2. The van der Waals surface area contributed by atoms with E-state index in [0.29, 0.717) is 34.3 Å². The molecular weight excluding hydrogens is 356 g/mol. The first-order chi connectivity index (χ1) is 13.6. The van der Waals surface area contributed by atoms with E-state index in [9.17, 15) is 14.9 Å². The van der Waals surface area contributed by atoms with Crippen molar-refractivity contribution in [3.8, 4) is 11.3 Å². The van der Waals surface area contributed by atoms with E-state index < -0.39 is 4.92 Å². The van der Waals surface area contributed by atoms with Crippen molar-refractivity contribution in [3.63, 3.8) is 0 Å². The highest BCUT2D eigenvalue weighted by Crippen LogP contribution is 2.32. The summed E-state index contributed by atoms with van der Waals surface area (Å²) < 4.78 is 0. The van der Waals surface area contributed by atoms with E-state index in [-0.39, 0.29) is 11.2 Å². The van der Waals surface area contributed by atoms with Crippen molar-refractivity contribution in [3.05, 3.63) is 98.8 Å². The minimum Gasteiger partial charge on any atom is -0.375 e. The molecule has 0 unspecified atom stereocenters. The highest BCUT2D eigenvalue weighted by molar-refractivity contribution is 5.94. The van der Waals surface area contributed by atoms with Gasteiger partial charge in [0, 0.05) is 23.6 Å². The molecule has 0 bridgehead atoms. The van der Waals surface area contributed by atoms with Crippen molar-refractivity contribution < 1.29 is 4.92 Å². The molecule has 1 aromatic heterocycles. The van der Waals surface area contributed by atoms with Gasteiger partial charge in [0.1, 0.15) is 5.69 Å². The van der Waals surface area contributed by atoms with Gasteiger partial charge < -0.3 is 5.32 Å². The third-order valence-corrected chi connectivity index (χ3v) is 4.49. The summed E-state index contributed by atoms with van der Waals surface area (Å²) in [6, 6.07) is 21.6. The van der Waals surface area contributed by atoms with Crippen LogP contribution in [0, 0.1) is 10.1 Å². The molecule has 2 N–H and O–H groups in total. The van der Waals surface area contributed by atoms with E-state index in [0.717, 1.165) is 5.56 Å². The maximum absolute atomic E-state index is 12.0. The summed E-state index contributed by atoms with van der Waals surface area (Å²) in [7, 11) is 0. The number of rotatable bonds is 5. The Bertz CT molecular complexity index is 1220. The lowest BCUT2D eigenvalue weighted by Crippen LogP contribution is -2.09. The second kappa shape index (κ2) is 7.32. The van der Waals surface area contributed by atoms with Gasteiger partial charge in [0.25, 0.3) is 11.2 Å². The molecule has 4 rings (SSSR count). The predicted molar refractivity (Wildman–Crippen MR) is 108 cm³/mol. The standard InChI is InChI=1S/C21H16N4O3/c26-21-17-9-5-4-8-16(17)20(23-24-21)15-10-11-18(19(12-15)25(27)28)22-13-14-6-2-1-3-7-14/h1-12,22H,13H2,(H,24,26). The van der Waals surface area contributed by atoms with Crippen molar-refractivity contribution in [1.29, 1.82) is 0 Å². The molecule has 0 amide bonds. The van der Waals surface area contributed by atoms with E-state index in [4.69, 9.17) is 0 Å². The lowest BCUT2D eigenvalue weighted by molar-refractivity contribution is -0.383. The Kier molecular flexibility index (Phi) is 4.55. The number of H-pyrrole nitrogens is 1. The Morgan fingerprint density at radius 1 is 0.964 bits per heavy atom. The second-order valence-corrected chi connectivity index (χ2v) is 6.28. The number of fused-ring (bicyclic) bond motifs is 1. The van der Waals surface area contributed by atoms with Crippen molar-refractivity contribution in [2.75, 3.05) is 5.32 Å². The van der Waals surface area contributed by atoms with Gasteiger partial charge in [-0.15, -0.1) is 0 Å². The Balaban J connectivity index is 1.74. The maximum Gasteiger partial charge on any atom is 0.293 e. The fourth-order valence-electron chi connectivity index (χ4n) is 3.11. The average Bonchev–Trinajstić information content (AvgIpc) is 2.73. The molecular formula is C21H16N4O3. The molecule has 0 spiro atoms. The number of nitro groups is 1. The van der Waals surface area contributed by atoms with Gasteiger partial charge in [-0.3, -0.25) is 14.9 Å². The van der Waals surface area contributed by atoms with E-state index >= 15 is 0 Å². The van der Waals surface area contributed by atoms with E-state index in [1.807, 2.05) is 30.3 Å². The lowest BCUT2D eigenvalue weighted by atomic mass is 10.0. The van der Waals surface area contributed by atoms with Crippen LogP contribution in [-0.4, -0.2) is 15.1 Å². The Hall–Kier alpha value is -4.00. The van der Waals surface area contributed by atoms with Crippen LogP contribution in [0.5, 0.6) is 0 Å². The molecule has 0 atom stereocenters. The van der Waals surface area contributed by atoms with Gasteiger partial charge in [-0.1, -0.05) is 54.6 Å². The molecule has 0 radical (unpaired) electrons. The monoisotopic (exact) mass is 372 g/mol. The van der Waals surface area contributed by atoms with Gasteiger partial charge in [-0.05, 0) is 17.7 Å². The van der Waals surface area contributed by atoms with Crippen molar-refractivity contribution in [1.82, 2.24) is 10.2 Å². The van der Waals surface area contributed by atoms with Gasteiger partial charge in [0.05, 0.1) is 16.0 Å². The van der Waals surface area contributed by atoms with Crippen LogP contribution in [0.1, 0.15) is 5.56 Å². The number of aromatic nitrogens is 2. The predicted octanol–water partition coefficient (Wildman–Crippen LogP) is 4.11. The molecule has 28 heavy (non-hydrogen) atoms. The topological polar surface area (TPSA) is 101 Å². The quantitative estimate of drug-likeness (QED) is 0.405. The smallest absolute Gasteiger partial charge is 0.293 e. The molecule has 0 saturated heterocycles. The highest BCUT2D eigenvalue weighted by Gasteiger charge is 2.17. The number of hydrogen-bond acceptors (Lipinski definition) is 5. The molecule has 0 saturated carbocycles. The zero-order valence-corrected chi connectivity index (χ0v) is 14.8. The van der Waals surface area contributed by atoms with Gasteiger partial charge in [0.2, 0.25) is 0 Å². The first kappa shape index (κ1) is 17.4. The average molecular weight is 372 g/mol. The second-order valence-electron chi connectivity index (χ2n) is 6.28. The van der Waals surface area contributed by atoms with E-state index in [1.165, 1.54) is 6.07 Å². The Morgan fingerprint density at radius 2 is 1.68 bits per heavy atom.